The molecule has 1 atom stereocenters. The molecule has 2 aliphatic heterocycles. The van der Waals surface area contributed by atoms with Crippen molar-refractivity contribution in [1.82, 2.24) is 20.1 Å². The van der Waals surface area contributed by atoms with Crippen LogP contribution < -0.4 is 5.32 Å². The van der Waals surface area contributed by atoms with Gasteiger partial charge < -0.3 is 5.32 Å². The number of likely N-dealkylation sites (tertiary alicyclic amines) is 2. The van der Waals surface area contributed by atoms with E-state index in [4.69, 9.17) is 0 Å². The normalized spacial score (nSPS) is 23.3. The van der Waals surface area contributed by atoms with E-state index < -0.39 is 0 Å². The van der Waals surface area contributed by atoms with Crippen LogP contribution in [0.5, 0.6) is 0 Å². The van der Waals surface area contributed by atoms with E-state index in [-0.39, 0.29) is 17.2 Å². The van der Waals surface area contributed by atoms with E-state index in [1.165, 1.54) is 18.4 Å². The maximum atomic E-state index is 12.6. The number of piperidine rings is 2. The van der Waals surface area contributed by atoms with E-state index in [0.717, 1.165) is 52.1 Å². The van der Waals surface area contributed by atoms with Crippen molar-refractivity contribution in [3.63, 3.8) is 0 Å². The number of carbonyl (C=O) groups excluding carboxylic acids is 1. The summed E-state index contributed by atoms with van der Waals surface area (Å²) in [6.45, 7) is 12.6. The summed E-state index contributed by atoms with van der Waals surface area (Å²) in [5.41, 5.74) is 1.44. The van der Waals surface area contributed by atoms with E-state index in [2.05, 4.69) is 46.9 Å². The van der Waals surface area contributed by atoms with Crippen molar-refractivity contribution < 1.29 is 4.79 Å². The van der Waals surface area contributed by atoms with Gasteiger partial charge in [-0.15, -0.1) is 0 Å². The third kappa shape index (κ3) is 6.28. The fraction of sp³-hybridized carbons (Fsp3) is 0.727. The molecule has 0 unspecified atom stereocenters. The minimum absolute atomic E-state index is 0.144. The van der Waals surface area contributed by atoms with Crippen molar-refractivity contribution in [3.8, 4) is 0 Å². The van der Waals surface area contributed by atoms with E-state index in [1.54, 1.807) is 0 Å². The smallest absolute Gasteiger partial charge is 0.224 e. The lowest BCUT2D eigenvalue weighted by molar-refractivity contribution is -0.127. The lowest BCUT2D eigenvalue weighted by Gasteiger charge is -2.42. The van der Waals surface area contributed by atoms with Crippen molar-refractivity contribution in [2.45, 2.75) is 59.0 Å². The van der Waals surface area contributed by atoms with Crippen LogP contribution in [0.25, 0.3) is 0 Å². The molecule has 2 saturated heterocycles. The lowest BCUT2D eigenvalue weighted by Crippen LogP contribution is -2.51. The van der Waals surface area contributed by atoms with Crippen LogP contribution >= 0.6 is 0 Å². The Balaban J connectivity index is 1.44. The fourth-order valence-electron chi connectivity index (χ4n) is 4.24. The maximum Gasteiger partial charge on any atom is 0.224 e. The number of hydrogen-bond donors (Lipinski definition) is 1. The molecule has 5 nitrogen and oxygen atoms in total. The topological polar surface area (TPSA) is 48.5 Å². The van der Waals surface area contributed by atoms with Gasteiger partial charge in [0.15, 0.2) is 0 Å². The highest BCUT2D eigenvalue weighted by molar-refractivity contribution is 5.79. The van der Waals surface area contributed by atoms with Gasteiger partial charge in [0.1, 0.15) is 0 Å². The molecule has 3 heterocycles. The SMILES string of the molecule is CC(C)(C)CNC(=O)[C@H]1CCCN(C2CCN(Cc3cccnc3)CC2)C1. The predicted octanol–water partition coefficient (Wildman–Crippen LogP) is 2.92. The Kier molecular flexibility index (Phi) is 6.88. The third-order valence-corrected chi connectivity index (χ3v) is 5.82. The first-order valence-corrected chi connectivity index (χ1v) is 10.5. The highest BCUT2D eigenvalue weighted by Crippen LogP contribution is 2.25. The van der Waals surface area contributed by atoms with Crippen LogP contribution in [0.3, 0.4) is 0 Å². The average Bonchev–Trinajstić information content (AvgIpc) is 2.67. The van der Waals surface area contributed by atoms with Crippen LogP contribution in [0.1, 0.15) is 52.0 Å². The molecular formula is C22H36N4O. The van der Waals surface area contributed by atoms with E-state index in [0.29, 0.717) is 6.04 Å². The third-order valence-electron chi connectivity index (χ3n) is 5.82. The lowest BCUT2D eigenvalue weighted by atomic mass is 9.92. The molecule has 0 spiro atoms. The van der Waals surface area contributed by atoms with Crippen molar-refractivity contribution in [1.29, 1.82) is 0 Å². The molecule has 1 N–H and O–H groups in total. The first-order valence-electron chi connectivity index (χ1n) is 10.5. The van der Waals surface area contributed by atoms with Gasteiger partial charge in [-0.1, -0.05) is 26.8 Å². The van der Waals surface area contributed by atoms with Crippen molar-refractivity contribution in [2.24, 2.45) is 11.3 Å². The molecule has 3 rings (SSSR count). The average molecular weight is 373 g/mol. The van der Waals surface area contributed by atoms with Crippen LogP contribution in [-0.4, -0.2) is 59.5 Å². The molecule has 1 aromatic heterocycles. The summed E-state index contributed by atoms with van der Waals surface area (Å²) >= 11 is 0. The fourth-order valence-corrected chi connectivity index (χ4v) is 4.24. The second-order valence-corrected chi connectivity index (χ2v) is 9.48. The van der Waals surface area contributed by atoms with Gasteiger partial charge in [0, 0.05) is 38.1 Å². The van der Waals surface area contributed by atoms with Gasteiger partial charge >= 0.3 is 0 Å². The van der Waals surface area contributed by atoms with Gasteiger partial charge in [0.25, 0.3) is 0 Å². The Morgan fingerprint density at radius 2 is 2.00 bits per heavy atom. The van der Waals surface area contributed by atoms with Crippen molar-refractivity contribution >= 4 is 5.91 Å². The Hall–Kier alpha value is -1.46. The van der Waals surface area contributed by atoms with E-state index in [1.807, 2.05) is 18.5 Å². The molecule has 1 aromatic rings. The minimum Gasteiger partial charge on any atom is -0.355 e. The molecule has 150 valence electrons. The number of carbonyl (C=O) groups is 1. The number of amides is 1. The zero-order chi connectivity index (χ0) is 19.3. The molecule has 2 aliphatic rings. The van der Waals surface area contributed by atoms with Crippen LogP contribution in [0.15, 0.2) is 24.5 Å². The van der Waals surface area contributed by atoms with Crippen molar-refractivity contribution in [2.75, 3.05) is 32.7 Å². The first-order chi connectivity index (χ1) is 12.9. The Bertz CT molecular complexity index is 590. The van der Waals surface area contributed by atoms with Crippen LogP contribution in [-0.2, 0) is 11.3 Å². The zero-order valence-electron chi connectivity index (χ0n) is 17.3. The van der Waals surface area contributed by atoms with Gasteiger partial charge in [-0.3, -0.25) is 19.6 Å². The van der Waals surface area contributed by atoms with Gasteiger partial charge in [-0.2, -0.15) is 0 Å². The molecular weight excluding hydrogens is 336 g/mol. The van der Waals surface area contributed by atoms with Gasteiger partial charge in [-0.05, 0) is 62.4 Å². The van der Waals surface area contributed by atoms with Crippen LogP contribution in [0.2, 0.25) is 0 Å². The molecule has 0 aliphatic carbocycles. The molecule has 1 amide bonds. The van der Waals surface area contributed by atoms with Gasteiger partial charge in [0.2, 0.25) is 5.91 Å². The summed E-state index contributed by atoms with van der Waals surface area (Å²) in [6.07, 6.45) is 8.39. The molecule has 0 bridgehead atoms. The second-order valence-electron chi connectivity index (χ2n) is 9.48. The van der Waals surface area contributed by atoms with Gasteiger partial charge in [0.05, 0.1) is 5.92 Å². The standard InChI is InChI=1S/C22H36N4O/c1-22(2,3)17-24-21(27)19-7-5-11-26(16-19)20-8-12-25(13-9-20)15-18-6-4-10-23-14-18/h4,6,10,14,19-20H,5,7-9,11-13,15-17H2,1-3H3,(H,24,27)/t19-/m0/s1. The predicted molar refractivity (Wildman–Crippen MR) is 109 cm³/mol. The quantitative estimate of drug-likeness (QED) is 0.863. The molecule has 0 aromatic carbocycles. The Morgan fingerprint density at radius 3 is 2.67 bits per heavy atom. The summed E-state index contributed by atoms with van der Waals surface area (Å²) < 4.78 is 0. The molecule has 2 fully saturated rings. The number of aromatic nitrogens is 1. The van der Waals surface area contributed by atoms with Crippen molar-refractivity contribution in [3.05, 3.63) is 30.1 Å². The minimum atomic E-state index is 0.144. The Labute approximate surface area is 164 Å². The second kappa shape index (κ2) is 9.16. The number of nitrogens with zero attached hydrogens (tertiary/aromatic N) is 3. The Morgan fingerprint density at radius 1 is 1.22 bits per heavy atom. The maximum absolute atomic E-state index is 12.6. The summed E-state index contributed by atoms with van der Waals surface area (Å²) in [7, 11) is 0. The summed E-state index contributed by atoms with van der Waals surface area (Å²) in [6, 6.07) is 4.80. The van der Waals surface area contributed by atoms with Crippen LogP contribution in [0.4, 0.5) is 0 Å². The monoisotopic (exact) mass is 372 g/mol. The summed E-state index contributed by atoms with van der Waals surface area (Å²) in [5.74, 6) is 0.415. The summed E-state index contributed by atoms with van der Waals surface area (Å²) in [5, 5.41) is 3.17. The summed E-state index contributed by atoms with van der Waals surface area (Å²) in [4.78, 5) is 21.9. The van der Waals surface area contributed by atoms with E-state index in [9.17, 15) is 4.79 Å². The molecule has 27 heavy (non-hydrogen) atoms. The molecule has 5 heteroatoms. The number of hydrogen-bond acceptors (Lipinski definition) is 4. The largest absolute Gasteiger partial charge is 0.355 e. The van der Waals surface area contributed by atoms with E-state index >= 15 is 0 Å². The number of pyridine rings is 1. The zero-order valence-corrected chi connectivity index (χ0v) is 17.3. The highest BCUT2D eigenvalue weighted by atomic mass is 16.1. The first kappa shape index (κ1) is 20.3. The molecule has 0 radical (unpaired) electrons. The van der Waals surface area contributed by atoms with Crippen LogP contribution in [0, 0.1) is 11.3 Å². The molecule has 0 saturated carbocycles. The number of nitrogens with one attached hydrogen (secondary N) is 1. The highest BCUT2D eigenvalue weighted by Gasteiger charge is 2.31. The number of rotatable bonds is 5. The van der Waals surface area contributed by atoms with Gasteiger partial charge in [-0.25, -0.2) is 0 Å².